The molecule has 2 aliphatic rings. The topological polar surface area (TPSA) is 39.7 Å². The van der Waals surface area contributed by atoms with Gasteiger partial charge in [0.2, 0.25) is 0 Å². The van der Waals surface area contributed by atoms with Crippen LogP contribution in [0.1, 0.15) is 31.2 Å². The molecule has 1 aromatic rings. The van der Waals surface area contributed by atoms with Crippen molar-refractivity contribution in [3.63, 3.8) is 0 Å². The van der Waals surface area contributed by atoms with E-state index in [0.717, 1.165) is 16.8 Å². The highest BCUT2D eigenvalue weighted by atomic mass is 35.5. The minimum absolute atomic E-state index is 0. The number of ether oxygens (including phenoxy) is 1. The van der Waals surface area contributed by atoms with Gasteiger partial charge in [-0.1, -0.05) is 6.07 Å². The average molecular weight is 284 g/mol. The van der Waals surface area contributed by atoms with Crippen LogP contribution >= 0.6 is 12.4 Å². The first-order valence-corrected chi connectivity index (χ1v) is 6.28. The normalized spacial score (nSPS) is 23.2. The van der Waals surface area contributed by atoms with Gasteiger partial charge >= 0.3 is 7.12 Å². The van der Waals surface area contributed by atoms with Crippen molar-refractivity contribution >= 4 is 25.0 Å². The zero-order valence-corrected chi connectivity index (χ0v) is 12.5. The minimum Gasteiger partial charge on any atom is -0.491 e. The van der Waals surface area contributed by atoms with Crippen molar-refractivity contribution in [1.82, 2.24) is 5.32 Å². The van der Waals surface area contributed by atoms with Crippen LogP contribution in [0.3, 0.4) is 0 Å². The molecule has 0 fully saturated rings. The number of nitrogens with one attached hydrogen (secondary N) is 1. The van der Waals surface area contributed by atoms with Crippen LogP contribution in [-0.4, -0.2) is 26.4 Å². The molecule has 0 radical (unpaired) electrons. The van der Waals surface area contributed by atoms with Gasteiger partial charge in [0.05, 0.1) is 5.60 Å². The predicted molar refractivity (Wildman–Crippen MR) is 77.4 cm³/mol. The van der Waals surface area contributed by atoms with Crippen LogP contribution in [0.4, 0.5) is 0 Å². The molecule has 0 aliphatic carbocycles. The lowest BCUT2D eigenvalue weighted by atomic mass is 9.76. The highest BCUT2D eigenvalue weighted by Gasteiger charge is 2.45. The van der Waals surface area contributed by atoms with Gasteiger partial charge in [0.15, 0.2) is 0 Å². The fraction of sp³-hybridized carbons (Fsp3) is 0.538. The smallest absolute Gasteiger partial charge is 0.491 e. The van der Waals surface area contributed by atoms with Crippen LogP contribution < -0.4 is 15.5 Å². The number of benzene rings is 1. The first-order valence-electron chi connectivity index (χ1n) is 6.28. The Morgan fingerprint density at radius 2 is 2.11 bits per heavy atom. The lowest BCUT2D eigenvalue weighted by Gasteiger charge is -2.25. The fourth-order valence-corrected chi connectivity index (χ4v) is 2.58. The Morgan fingerprint density at radius 3 is 2.79 bits per heavy atom. The van der Waals surface area contributed by atoms with E-state index in [-0.39, 0.29) is 31.4 Å². The summed E-state index contributed by atoms with van der Waals surface area (Å²) in [6, 6.07) is 4.08. The maximum atomic E-state index is 6.03. The van der Waals surface area contributed by atoms with Crippen LogP contribution in [0.5, 0.6) is 5.75 Å². The number of hydrogen-bond donors (Lipinski definition) is 1. The standard InChI is InChI=1S/C13H18BNO3.ClH/c1-8-5-6-9-11-10(8)12(15-4)17-14(11)18-13(2,3)7-16-9;/h5-6,12,15H,7H2,1-4H3;1H. The average Bonchev–Trinajstić information content (AvgIpc) is 2.61. The second-order valence-corrected chi connectivity index (χ2v) is 5.51. The molecule has 2 aliphatic heterocycles. The summed E-state index contributed by atoms with van der Waals surface area (Å²) >= 11 is 0. The molecule has 0 bridgehead atoms. The molecule has 2 heterocycles. The van der Waals surface area contributed by atoms with Crippen LogP contribution in [0, 0.1) is 6.92 Å². The van der Waals surface area contributed by atoms with Crippen molar-refractivity contribution in [2.45, 2.75) is 32.6 Å². The molecule has 104 valence electrons. The van der Waals surface area contributed by atoms with E-state index in [1.165, 1.54) is 5.56 Å². The second kappa shape index (κ2) is 4.98. The van der Waals surface area contributed by atoms with Gasteiger partial charge in [0.25, 0.3) is 0 Å². The van der Waals surface area contributed by atoms with Gasteiger partial charge in [-0.05, 0) is 39.4 Å². The number of rotatable bonds is 1. The van der Waals surface area contributed by atoms with Gasteiger partial charge in [0.1, 0.15) is 18.6 Å². The van der Waals surface area contributed by atoms with E-state index in [9.17, 15) is 0 Å². The highest BCUT2D eigenvalue weighted by molar-refractivity contribution is 6.64. The van der Waals surface area contributed by atoms with E-state index in [4.69, 9.17) is 14.0 Å². The number of hydrogen-bond acceptors (Lipinski definition) is 4. The fourth-order valence-electron chi connectivity index (χ4n) is 2.58. The summed E-state index contributed by atoms with van der Waals surface area (Å²) in [5.41, 5.74) is 3.04. The Hall–Kier alpha value is -0.745. The van der Waals surface area contributed by atoms with Crippen LogP contribution in [0.15, 0.2) is 12.1 Å². The van der Waals surface area contributed by atoms with E-state index in [1.807, 2.05) is 27.0 Å². The molecule has 0 spiro atoms. The van der Waals surface area contributed by atoms with Crippen molar-refractivity contribution in [2.24, 2.45) is 0 Å². The summed E-state index contributed by atoms with van der Waals surface area (Å²) in [6.45, 7) is 6.65. The summed E-state index contributed by atoms with van der Waals surface area (Å²) in [6.07, 6.45) is -0.123. The third-order valence-electron chi connectivity index (χ3n) is 3.49. The summed E-state index contributed by atoms with van der Waals surface area (Å²) in [5, 5.41) is 3.17. The van der Waals surface area contributed by atoms with Crippen molar-refractivity contribution in [3.8, 4) is 5.75 Å². The largest absolute Gasteiger partial charge is 0.500 e. The second-order valence-electron chi connectivity index (χ2n) is 5.51. The first-order chi connectivity index (χ1) is 8.52. The molecular weight excluding hydrogens is 264 g/mol. The molecule has 1 atom stereocenters. The van der Waals surface area contributed by atoms with Gasteiger partial charge in [0, 0.05) is 11.0 Å². The summed E-state index contributed by atoms with van der Waals surface area (Å²) < 4.78 is 17.8. The molecule has 0 aromatic heterocycles. The summed E-state index contributed by atoms with van der Waals surface area (Å²) in [4.78, 5) is 0. The van der Waals surface area contributed by atoms with Crippen molar-refractivity contribution < 1.29 is 14.0 Å². The number of halogens is 1. The van der Waals surface area contributed by atoms with E-state index in [0.29, 0.717) is 6.61 Å². The van der Waals surface area contributed by atoms with E-state index >= 15 is 0 Å². The Kier molecular flexibility index (Phi) is 3.84. The predicted octanol–water partition coefficient (Wildman–Crippen LogP) is 1.55. The Balaban J connectivity index is 0.00000133. The van der Waals surface area contributed by atoms with Crippen molar-refractivity contribution in [3.05, 3.63) is 23.3 Å². The van der Waals surface area contributed by atoms with Gasteiger partial charge in [-0.2, -0.15) is 0 Å². The van der Waals surface area contributed by atoms with E-state index < -0.39 is 0 Å². The maximum absolute atomic E-state index is 6.03. The molecule has 1 aromatic carbocycles. The van der Waals surface area contributed by atoms with E-state index in [2.05, 4.69) is 18.3 Å². The van der Waals surface area contributed by atoms with Gasteiger partial charge < -0.3 is 14.0 Å². The monoisotopic (exact) mass is 283 g/mol. The van der Waals surface area contributed by atoms with Gasteiger partial charge in [-0.3, -0.25) is 5.32 Å². The molecule has 6 heteroatoms. The number of aryl methyl sites for hydroxylation is 1. The zero-order valence-electron chi connectivity index (χ0n) is 11.6. The lowest BCUT2D eigenvalue weighted by Crippen LogP contribution is -2.40. The van der Waals surface area contributed by atoms with Crippen LogP contribution in [0.2, 0.25) is 0 Å². The minimum atomic E-state index is -0.350. The van der Waals surface area contributed by atoms with Crippen LogP contribution in [-0.2, 0) is 9.31 Å². The van der Waals surface area contributed by atoms with Crippen molar-refractivity contribution in [2.75, 3.05) is 13.7 Å². The Bertz CT molecular complexity index is 495. The molecule has 0 saturated carbocycles. The van der Waals surface area contributed by atoms with Gasteiger partial charge in [-0.25, -0.2) is 0 Å². The molecular formula is C13H19BClNO3. The third kappa shape index (κ3) is 2.36. The first kappa shape index (κ1) is 14.7. The molecule has 19 heavy (non-hydrogen) atoms. The Morgan fingerprint density at radius 1 is 1.37 bits per heavy atom. The maximum Gasteiger partial charge on any atom is 0.500 e. The molecule has 0 amide bonds. The molecule has 1 N–H and O–H groups in total. The van der Waals surface area contributed by atoms with Crippen LogP contribution in [0.25, 0.3) is 0 Å². The lowest BCUT2D eigenvalue weighted by molar-refractivity contribution is 0.0239. The molecule has 3 rings (SSSR count). The van der Waals surface area contributed by atoms with Crippen molar-refractivity contribution in [1.29, 1.82) is 0 Å². The zero-order chi connectivity index (χ0) is 12.9. The molecule has 1 unspecified atom stereocenters. The third-order valence-corrected chi connectivity index (χ3v) is 3.49. The highest BCUT2D eigenvalue weighted by Crippen LogP contribution is 2.33. The van der Waals surface area contributed by atoms with Gasteiger partial charge in [-0.15, -0.1) is 12.4 Å². The SMILES string of the molecule is CNC1OB2OC(C)(C)COc3ccc(C)c1c32.Cl. The Labute approximate surface area is 120 Å². The summed E-state index contributed by atoms with van der Waals surface area (Å²) in [5.74, 6) is 0.879. The quantitative estimate of drug-likeness (QED) is 0.794. The summed E-state index contributed by atoms with van der Waals surface area (Å²) in [7, 11) is 1.55. The molecule has 4 nitrogen and oxygen atoms in total. The molecule has 0 saturated heterocycles. The van der Waals surface area contributed by atoms with E-state index in [1.54, 1.807) is 0 Å².